The third kappa shape index (κ3) is 3.50. The molecular formula is C15H14ClN3O6. The molecule has 0 radical (unpaired) electrons. The summed E-state index contributed by atoms with van der Waals surface area (Å²) in [4.78, 5) is 23.0. The molecule has 0 aromatic heterocycles. The lowest BCUT2D eigenvalue weighted by Crippen LogP contribution is -2.31. The summed E-state index contributed by atoms with van der Waals surface area (Å²) in [6, 6.07) is 5.50. The highest BCUT2D eigenvalue weighted by Gasteiger charge is 2.26. The third-order valence-electron chi connectivity index (χ3n) is 3.33. The third-order valence-corrected chi connectivity index (χ3v) is 3.63. The molecule has 2 rings (SSSR count). The van der Waals surface area contributed by atoms with E-state index in [2.05, 4.69) is 0 Å². The standard InChI is InChI=1S/C15H14ClN3O6/c1-24-8-3-4-10(14(5-8)25-2)18(15(17)21)12-6-9(16)11(19(22)23)7-13(12)20/h3-7,20H,1-2H3,(H2,17,21). The first-order valence-electron chi connectivity index (χ1n) is 6.78. The maximum atomic E-state index is 12.0. The van der Waals surface area contributed by atoms with Gasteiger partial charge in [0.1, 0.15) is 22.3 Å². The van der Waals surface area contributed by atoms with Crippen LogP contribution < -0.4 is 20.1 Å². The van der Waals surface area contributed by atoms with Gasteiger partial charge in [-0.2, -0.15) is 0 Å². The van der Waals surface area contributed by atoms with Gasteiger partial charge < -0.3 is 20.3 Å². The Labute approximate surface area is 147 Å². The minimum Gasteiger partial charge on any atom is -0.505 e. The van der Waals surface area contributed by atoms with Crippen LogP contribution in [0.1, 0.15) is 0 Å². The fourth-order valence-electron chi connectivity index (χ4n) is 2.20. The molecule has 0 heterocycles. The molecule has 0 spiro atoms. The van der Waals surface area contributed by atoms with E-state index < -0.39 is 22.4 Å². The average Bonchev–Trinajstić information content (AvgIpc) is 2.57. The van der Waals surface area contributed by atoms with Gasteiger partial charge >= 0.3 is 6.03 Å². The van der Waals surface area contributed by atoms with E-state index in [9.17, 15) is 20.0 Å². The molecular weight excluding hydrogens is 354 g/mol. The monoisotopic (exact) mass is 367 g/mol. The number of nitrogens with zero attached hydrogens (tertiary/aromatic N) is 2. The number of hydrogen-bond donors (Lipinski definition) is 2. The molecule has 2 amide bonds. The number of primary amides is 1. The SMILES string of the molecule is COc1ccc(N(C(N)=O)c2cc(Cl)c([N+](=O)[O-])cc2O)c(OC)c1. The summed E-state index contributed by atoms with van der Waals surface area (Å²) in [5.41, 5.74) is 4.98. The van der Waals surface area contributed by atoms with E-state index in [1.54, 1.807) is 6.07 Å². The van der Waals surface area contributed by atoms with Gasteiger partial charge in [-0.3, -0.25) is 15.0 Å². The number of methoxy groups -OCH3 is 2. The van der Waals surface area contributed by atoms with Crippen molar-refractivity contribution >= 4 is 34.7 Å². The lowest BCUT2D eigenvalue weighted by Gasteiger charge is -2.24. The van der Waals surface area contributed by atoms with Crippen molar-refractivity contribution in [3.63, 3.8) is 0 Å². The number of anilines is 2. The number of nitro benzene ring substituents is 1. The predicted molar refractivity (Wildman–Crippen MR) is 91.0 cm³/mol. The Morgan fingerprint density at radius 3 is 2.44 bits per heavy atom. The molecule has 3 N–H and O–H groups in total. The molecule has 2 aromatic carbocycles. The maximum absolute atomic E-state index is 12.0. The normalized spacial score (nSPS) is 10.2. The van der Waals surface area contributed by atoms with E-state index in [0.717, 1.165) is 17.0 Å². The second kappa shape index (κ2) is 7.14. The number of hydrogen-bond acceptors (Lipinski definition) is 6. The van der Waals surface area contributed by atoms with Crippen LogP contribution in [0.5, 0.6) is 17.2 Å². The van der Waals surface area contributed by atoms with Gasteiger partial charge in [0, 0.05) is 6.07 Å². The van der Waals surface area contributed by atoms with Crippen LogP contribution in [0.3, 0.4) is 0 Å². The number of nitrogens with two attached hydrogens (primary N) is 1. The van der Waals surface area contributed by atoms with Crippen molar-refractivity contribution in [3.05, 3.63) is 45.5 Å². The Hall–Kier alpha value is -3.20. The van der Waals surface area contributed by atoms with Crippen molar-refractivity contribution in [3.8, 4) is 17.2 Å². The van der Waals surface area contributed by atoms with E-state index in [0.29, 0.717) is 5.75 Å². The zero-order valence-electron chi connectivity index (χ0n) is 13.2. The molecule has 0 saturated heterocycles. The molecule has 0 aliphatic heterocycles. The quantitative estimate of drug-likeness (QED) is 0.616. The van der Waals surface area contributed by atoms with Crippen LogP contribution in [0, 0.1) is 10.1 Å². The number of ether oxygens (including phenoxy) is 2. The molecule has 132 valence electrons. The Morgan fingerprint density at radius 2 is 1.92 bits per heavy atom. The average molecular weight is 368 g/mol. The second-order valence-corrected chi connectivity index (χ2v) is 5.17. The zero-order valence-corrected chi connectivity index (χ0v) is 14.0. The topological polar surface area (TPSA) is 128 Å². The molecule has 10 heteroatoms. The summed E-state index contributed by atoms with van der Waals surface area (Å²) in [6.07, 6.45) is 0. The maximum Gasteiger partial charge on any atom is 0.324 e. The molecule has 0 fully saturated rings. The Kier molecular flexibility index (Phi) is 5.18. The molecule has 9 nitrogen and oxygen atoms in total. The minimum atomic E-state index is -0.955. The number of carbonyl (C=O) groups excluding carboxylic acids is 1. The van der Waals surface area contributed by atoms with Crippen LogP contribution in [0.2, 0.25) is 5.02 Å². The number of benzene rings is 2. The first-order chi connectivity index (χ1) is 11.8. The van der Waals surface area contributed by atoms with Gasteiger partial charge in [-0.15, -0.1) is 0 Å². The van der Waals surface area contributed by atoms with E-state index in [-0.39, 0.29) is 22.1 Å². The molecule has 0 aliphatic rings. The van der Waals surface area contributed by atoms with E-state index in [4.69, 9.17) is 26.8 Å². The summed E-state index contributed by atoms with van der Waals surface area (Å²) >= 11 is 5.87. The number of phenols is 1. The largest absolute Gasteiger partial charge is 0.505 e. The van der Waals surface area contributed by atoms with Crippen LogP contribution in [-0.2, 0) is 0 Å². The molecule has 0 unspecified atom stereocenters. The summed E-state index contributed by atoms with van der Waals surface area (Å²) in [7, 11) is 2.84. The number of halogens is 1. The fraction of sp³-hybridized carbons (Fsp3) is 0.133. The number of amides is 2. The Balaban J connectivity index is 2.66. The lowest BCUT2D eigenvalue weighted by molar-refractivity contribution is -0.384. The van der Waals surface area contributed by atoms with Crippen molar-refractivity contribution in [1.82, 2.24) is 0 Å². The Bertz CT molecular complexity index is 842. The van der Waals surface area contributed by atoms with Gasteiger partial charge in [-0.1, -0.05) is 11.6 Å². The van der Waals surface area contributed by atoms with Crippen molar-refractivity contribution < 1.29 is 24.3 Å². The molecule has 2 aromatic rings. The lowest BCUT2D eigenvalue weighted by atomic mass is 10.2. The van der Waals surface area contributed by atoms with Crippen molar-refractivity contribution in [2.24, 2.45) is 5.73 Å². The summed E-state index contributed by atoms with van der Waals surface area (Å²) in [5.74, 6) is 0.149. The number of carbonyl (C=O) groups is 1. The van der Waals surface area contributed by atoms with E-state index in [1.165, 1.54) is 26.4 Å². The van der Waals surface area contributed by atoms with Crippen LogP contribution in [0.25, 0.3) is 0 Å². The van der Waals surface area contributed by atoms with Crippen molar-refractivity contribution in [2.45, 2.75) is 0 Å². The smallest absolute Gasteiger partial charge is 0.324 e. The Morgan fingerprint density at radius 1 is 1.24 bits per heavy atom. The first-order valence-corrected chi connectivity index (χ1v) is 7.16. The zero-order chi connectivity index (χ0) is 18.7. The van der Waals surface area contributed by atoms with Crippen LogP contribution in [0.4, 0.5) is 21.9 Å². The highest BCUT2D eigenvalue weighted by molar-refractivity contribution is 6.33. The summed E-state index contributed by atoms with van der Waals surface area (Å²) in [5, 5.41) is 20.8. The number of aromatic hydroxyl groups is 1. The number of urea groups is 1. The van der Waals surface area contributed by atoms with Gasteiger partial charge in [0.05, 0.1) is 36.6 Å². The van der Waals surface area contributed by atoms with Gasteiger partial charge in [0.25, 0.3) is 5.69 Å². The predicted octanol–water partition coefficient (Wildman–Crippen LogP) is 3.19. The molecule has 0 saturated carbocycles. The highest BCUT2D eigenvalue weighted by atomic mass is 35.5. The first kappa shape index (κ1) is 18.1. The second-order valence-electron chi connectivity index (χ2n) is 4.76. The van der Waals surface area contributed by atoms with Gasteiger partial charge in [0.2, 0.25) is 0 Å². The number of nitro groups is 1. The van der Waals surface area contributed by atoms with E-state index in [1.807, 2.05) is 0 Å². The van der Waals surface area contributed by atoms with Crippen LogP contribution >= 0.6 is 11.6 Å². The molecule has 0 aliphatic carbocycles. The number of rotatable bonds is 5. The number of phenolic OH excluding ortho intramolecular Hbond substituents is 1. The molecule has 0 bridgehead atoms. The van der Waals surface area contributed by atoms with Crippen molar-refractivity contribution in [2.75, 3.05) is 19.1 Å². The molecule has 25 heavy (non-hydrogen) atoms. The molecule has 0 atom stereocenters. The summed E-state index contributed by atoms with van der Waals surface area (Å²) in [6.45, 7) is 0. The van der Waals surface area contributed by atoms with Gasteiger partial charge in [-0.25, -0.2) is 4.79 Å². The minimum absolute atomic E-state index is 0.133. The van der Waals surface area contributed by atoms with Crippen molar-refractivity contribution in [1.29, 1.82) is 0 Å². The fourth-order valence-corrected chi connectivity index (χ4v) is 2.42. The van der Waals surface area contributed by atoms with E-state index >= 15 is 0 Å². The summed E-state index contributed by atoms with van der Waals surface area (Å²) < 4.78 is 10.3. The van der Waals surface area contributed by atoms with Gasteiger partial charge in [-0.05, 0) is 18.2 Å². The van der Waals surface area contributed by atoms with Crippen LogP contribution in [-0.4, -0.2) is 30.3 Å². The van der Waals surface area contributed by atoms with Crippen LogP contribution in [0.15, 0.2) is 30.3 Å². The highest BCUT2D eigenvalue weighted by Crippen LogP contribution is 2.43. The van der Waals surface area contributed by atoms with Gasteiger partial charge in [0.15, 0.2) is 0 Å².